The van der Waals surface area contributed by atoms with Crippen molar-refractivity contribution in [3.05, 3.63) is 24.3 Å². The summed E-state index contributed by atoms with van der Waals surface area (Å²) in [6.07, 6.45) is -6.98. The highest BCUT2D eigenvalue weighted by Crippen LogP contribution is 2.28. The number of aromatic nitrogens is 1. The zero-order chi connectivity index (χ0) is 12.5. The Labute approximate surface area is 98.6 Å². The number of hydrogen-bond donors (Lipinski definition) is 1. The summed E-state index contributed by atoms with van der Waals surface area (Å²) in [7, 11) is 0. The number of rotatable bonds is 3. The molecule has 1 unspecified atom stereocenters. The molecule has 0 fully saturated rings. The summed E-state index contributed by atoms with van der Waals surface area (Å²) in [4.78, 5) is 3.98. The van der Waals surface area contributed by atoms with E-state index in [9.17, 15) is 13.2 Å². The molecule has 2 rings (SSSR count). The highest BCUT2D eigenvalue weighted by Gasteiger charge is 2.38. The van der Waals surface area contributed by atoms with Crippen LogP contribution in [0.2, 0.25) is 0 Å². The van der Waals surface area contributed by atoms with Crippen LogP contribution < -0.4 is 0 Å². The Bertz CT molecular complexity index is 478. The normalized spacial score (nSPS) is 14.1. The van der Waals surface area contributed by atoms with Gasteiger partial charge in [-0.05, 0) is 12.1 Å². The van der Waals surface area contributed by atoms with Gasteiger partial charge in [0.15, 0.2) is 11.7 Å². The number of halogens is 3. The average molecular weight is 263 g/mol. The van der Waals surface area contributed by atoms with Crippen LogP contribution in [0.25, 0.3) is 11.1 Å². The first-order valence-electron chi connectivity index (χ1n) is 4.70. The van der Waals surface area contributed by atoms with Gasteiger partial charge in [0.1, 0.15) is 5.52 Å². The zero-order valence-electron chi connectivity index (χ0n) is 8.44. The summed E-state index contributed by atoms with van der Waals surface area (Å²) in [5, 5.41) is 8.93. The molecule has 1 N–H and O–H groups in total. The quantitative estimate of drug-likeness (QED) is 0.865. The van der Waals surface area contributed by atoms with Crippen LogP contribution in [0.5, 0.6) is 0 Å². The first kappa shape index (κ1) is 12.3. The minimum absolute atomic E-state index is 0.120. The maximum absolute atomic E-state index is 12.0. The van der Waals surface area contributed by atoms with E-state index >= 15 is 0 Å². The highest BCUT2D eigenvalue weighted by molar-refractivity contribution is 7.99. The Balaban J connectivity index is 2.04. The summed E-state index contributed by atoms with van der Waals surface area (Å²) < 4.78 is 41.3. The molecule has 0 aliphatic heterocycles. The van der Waals surface area contributed by atoms with E-state index in [1.54, 1.807) is 24.3 Å². The third kappa shape index (κ3) is 2.92. The van der Waals surface area contributed by atoms with E-state index < -0.39 is 18.0 Å². The second-order valence-corrected chi connectivity index (χ2v) is 4.29. The van der Waals surface area contributed by atoms with Gasteiger partial charge in [0.25, 0.3) is 5.22 Å². The van der Waals surface area contributed by atoms with Gasteiger partial charge in [-0.25, -0.2) is 4.98 Å². The van der Waals surface area contributed by atoms with Gasteiger partial charge in [-0.1, -0.05) is 23.9 Å². The molecule has 1 heterocycles. The van der Waals surface area contributed by atoms with Crippen molar-refractivity contribution >= 4 is 22.9 Å². The fourth-order valence-electron chi connectivity index (χ4n) is 1.16. The van der Waals surface area contributed by atoms with Gasteiger partial charge in [-0.15, -0.1) is 0 Å². The lowest BCUT2D eigenvalue weighted by atomic mass is 10.3. The van der Waals surface area contributed by atoms with E-state index in [2.05, 4.69) is 4.98 Å². The lowest BCUT2D eigenvalue weighted by Crippen LogP contribution is -2.30. The molecule has 92 valence electrons. The lowest BCUT2D eigenvalue weighted by Gasteiger charge is -2.12. The van der Waals surface area contributed by atoms with E-state index in [1.165, 1.54) is 0 Å². The number of oxazole rings is 1. The largest absolute Gasteiger partial charge is 0.431 e. The number of aliphatic hydroxyl groups excluding tert-OH is 1. The van der Waals surface area contributed by atoms with Crippen molar-refractivity contribution < 1.29 is 22.7 Å². The Kier molecular flexibility index (Phi) is 3.30. The minimum atomic E-state index is -4.61. The van der Waals surface area contributed by atoms with Gasteiger partial charge < -0.3 is 9.52 Å². The molecule has 0 amide bonds. The van der Waals surface area contributed by atoms with E-state index in [0.717, 1.165) is 11.8 Å². The minimum Gasteiger partial charge on any atom is -0.431 e. The standard InChI is InChI=1S/C10H8F3NO2S/c11-10(12,13)8(15)5-17-9-14-6-3-1-2-4-7(6)16-9/h1-4,8,15H,5H2. The van der Waals surface area contributed by atoms with Crippen molar-refractivity contribution in [3.8, 4) is 0 Å². The molecule has 2 aromatic rings. The molecule has 3 nitrogen and oxygen atoms in total. The Morgan fingerprint density at radius 3 is 2.71 bits per heavy atom. The number of nitrogens with zero attached hydrogens (tertiary/aromatic N) is 1. The molecular formula is C10H8F3NO2S. The molecule has 0 saturated heterocycles. The fourth-order valence-corrected chi connectivity index (χ4v) is 1.96. The third-order valence-corrected chi connectivity index (χ3v) is 2.92. The molecule has 17 heavy (non-hydrogen) atoms. The van der Waals surface area contributed by atoms with Crippen LogP contribution in [0.1, 0.15) is 0 Å². The summed E-state index contributed by atoms with van der Waals surface area (Å²) in [6.45, 7) is 0. The van der Waals surface area contributed by atoms with Crippen LogP contribution in [0, 0.1) is 0 Å². The molecule has 1 aromatic carbocycles. The van der Waals surface area contributed by atoms with Gasteiger partial charge >= 0.3 is 6.18 Å². The molecule has 0 aliphatic rings. The van der Waals surface area contributed by atoms with Gasteiger partial charge in [0.05, 0.1) is 0 Å². The molecule has 0 aliphatic carbocycles. The first-order valence-corrected chi connectivity index (χ1v) is 5.68. The van der Waals surface area contributed by atoms with Crippen LogP contribution in [0.4, 0.5) is 13.2 Å². The van der Waals surface area contributed by atoms with E-state index in [0.29, 0.717) is 11.1 Å². The van der Waals surface area contributed by atoms with Crippen molar-refractivity contribution in [2.24, 2.45) is 0 Å². The molecule has 0 spiro atoms. The van der Waals surface area contributed by atoms with Crippen molar-refractivity contribution in [2.75, 3.05) is 5.75 Å². The molecule has 1 aromatic heterocycles. The predicted octanol–water partition coefficient (Wildman–Crippen LogP) is 2.84. The van der Waals surface area contributed by atoms with Crippen molar-refractivity contribution in [2.45, 2.75) is 17.5 Å². The van der Waals surface area contributed by atoms with Crippen LogP contribution in [-0.4, -0.2) is 28.1 Å². The Morgan fingerprint density at radius 2 is 2.06 bits per heavy atom. The number of para-hydroxylation sites is 2. The number of fused-ring (bicyclic) bond motifs is 1. The molecule has 0 bridgehead atoms. The monoisotopic (exact) mass is 263 g/mol. The van der Waals surface area contributed by atoms with Gasteiger partial charge in [0.2, 0.25) is 0 Å². The highest BCUT2D eigenvalue weighted by atomic mass is 32.2. The summed E-state index contributed by atoms with van der Waals surface area (Å²) in [5.74, 6) is -0.531. The third-order valence-electron chi connectivity index (χ3n) is 2.02. The zero-order valence-corrected chi connectivity index (χ0v) is 9.26. The fraction of sp³-hybridized carbons (Fsp3) is 0.300. The van der Waals surface area contributed by atoms with Crippen molar-refractivity contribution in [1.29, 1.82) is 0 Å². The summed E-state index contributed by atoms with van der Waals surface area (Å²) >= 11 is 0.733. The Hall–Kier alpha value is -1.21. The maximum Gasteiger partial charge on any atom is 0.415 e. The first-order chi connectivity index (χ1) is 7.97. The second kappa shape index (κ2) is 4.58. The topological polar surface area (TPSA) is 46.3 Å². The van der Waals surface area contributed by atoms with Gasteiger partial charge in [0, 0.05) is 5.75 Å². The number of hydrogen-bond acceptors (Lipinski definition) is 4. The summed E-state index contributed by atoms with van der Waals surface area (Å²) in [5.41, 5.74) is 1.09. The molecule has 7 heteroatoms. The summed E-state index contributed by atoms with van der Waals surface area (Å²) in [6, 6.07) is 6.87. The molecule has 0 radical (unpaired) electrons. The van der Waals surface area contributed by atoms with Gasteiger partial charge in [-0.2, -0.15) is 13.2 Å². The van der Waals surface area contributed by atoms with E-state index in [-0.39, 0.29) is 5.22 Å². The second-order valence-electron chi connectivity index (χ2n) is 3.32. The van der Waals surface area contributed by atoms with Crippen molar-refractivity contribution in [3.63, 3.8) is 0 Å². The smallest absolute Gasteiger partial charge is 0.415 e. The number of thioether (sulfide) groups is 1. The van der Waals surface area contributed by atoms with E-state index in [1.807, 2.05) is 0 Å². The number of benzene rings is 1. The van der Waals surface area contributed by atoms with E-state index in [4.69, 9.17) is 9.52 Å². The van der Waals surface area contributed by atoms with Crippen LogP contribution in [0.3, 0.4) is 0 Å². The molecule has 0 saturated carbocycles. The van der Waals surface area contributed by atoms with Crippen LogP contribution in [0.15, 0.2) is 33.9 Å². The predicted molar refractivity (Wildman–Crippen MR) is 56.8 cm³/mol. The average Bonchev–Trinajstić information content (AvgIpc) is 2.66. The van der Waals surface area contributed by atoms with Crippen molar-refractivity contribution in [1.82, 2.24) is 4.98 Å². The SMILES string of the molecule is OC(CSc1nc2ccccc2o1)C(F)(F)F. The maximum atomic E-state index is 12.0. The number of aliphatic hydroxyl groups is 1. The molecule has 1 atom stereocenters. The van der Waals surface area contributed by atoms with Crippen LogP contribution in [-0.2, 0) is 0 Å². The lowest BCUT2D eigenvalue weighted by molar-refractivity contribution is -0.195. The Morgan fingerprint density at radius 1 is 1.35 bits per heavy atom. The van der Waals surface area contributed by atoms with Crippen LogP contribution >= 0.6 is 11.8 Å². The number of alkyl halides is 3. The molecular weight excluding hydrogens is 255 g/mol. The van der Waals surface area contributed by atoms with Gasteiger partial charge in [-0.3, -0.25) is 0 Å².